The van der Waals surface area contributed by atoms with Crippen LogP contribution in [-0.4, -0.2) is 5.60 Å². The summed E-state index contributed by atoms with van der Waals surface area (Å²) in [6.45, 7) is 5.90. The molecule has 0 spiro atoms. The maximum atomic E-state index is 5.77. The summed E-state index contributed by atoms with van der Waals surface area (Å²) in [4.78, 5) is 0. The molecule has 11 heavy (non-hydrogen) atoms. The van der Waals surface area contributed by atoms with E-state index in [1.54, 1.807) is 0 Å². The van der Waals surface area contributed by atoms with Gasteiger partial charge in [0.05, 0.1) is 5.76 Å². The standard InChI is InChI=1S/C10H14O/c1-3-10(2)7-8-5-4-6-9(8)11-10/h3,6,8H,1,4-5,7H2,2H3. The molecular formula is C10H14O. The summed E-state index contributed by atoms with van der Waals surface area (Å²) in [5, 5.41) is 0. The van der Waals surface area contributed by atoms with E-state index in [2.05, 4.69) is 19.6 Å². The molecule has 0 aromatic heterocycles. The largest absolute Gasteiger partial charge is 0.488 e. The Bertz CT molecular complexity index is 217. The Hall–Kier alpha value is -0.720. The first kappa shape index (κ1) is 6.96. The minimum absolute atomic E-state index is 0.0725. The lowest BCUT2D eigenvalue weighted by Crippen LogP contribution is -2.18. The topological polar surface area (TPSA) is 9.23 Å². The van der Waals surface area contributed by atoms with Gasteiger partial charge in [-0.05, 0) is 31.9 Å². The molecule has 2 atom stereocenters. The van der Waals surface area contributed by atoms with Gasteiger partial charge in [0.25, 0.3) is 0 Å². The maximum absolute atomic E-state index is 5.77. The summed E-state index contributed by atoms with van der Waals surface area (Å²) in [7, 11) is 0. The summed E-state index contributed by atoms with van der Waals surface area (Å²) < 4.78 is 5.77. The Morgan fingerprint density at radius 2 is 2.64 bits per heavy atom. The molecule has 60 valence electrons. The fourth-order valence-corrected chi connectivity index (χ4v) is 1.99. The van der Waals surface area contributed by atoms with Crippen LogP contribution in [0.25, 0.3) is 0 Å². The third-order valence-corrected chi connectivity index (χ3v) is 2.70. The van der Waals surface area contributed by atoms with E-state index >= 15 is 0 Å². The molecule has 0 saturated carbocycles. The third kappa shape index (κ3) is 0.991. The van der Waals surface area contributed by atoms with Gasteiger partial charge in [0.1, 0.15) is 5.60 Å². The van der Waals surface area contributed by atoms with Crippen LogP contribution >= 0.6 is 0 Å². The Morgan fingerprint density at radius 3 is 3.27 bits per heavy atom. The van der Waals surface area contributed by atoms with E-state index in [1.165, 1.54) is 18.6 Å². The third-order valence-electron chi connectivity index (χ3n) is 2.70. The van der Waals surface area contributed by atoms with Gasteiger partial charge < -0.3 is 4.74 Å². The molecule has 1 heterocycles. The number of hydrogen-bond donors (Lipinski definition) is 0. The summed E-state index contributed by atoms with van der Waals surface area (Å²) in [6, 6.07) is 0. The van der Waals surface area contributed by atoms with Crippen molar-refractivity contribution < 1.29 is 4.74 Å². The van der Waals surface area contributed by atoms with Crippen molar-refractivity contribution in [1.82, 2.24) is 0 Å². The molecule has 0 amide bonds. The molecule has 1 fully saturated rings. The summed E-state index contributed by atoms with van der Waals surface area (Å²) in [5.41, 5.74) is -0.0725. The van der Waals surface area contributed by atoms with Gasteiger partial charge in [-0.3, -0.25) is 0 Å². The number of hydrogen-bond acceptors (Lipinski definition) is 1. The lowest BCUT2D eigenvalue weighted by atomic mass is 9.95. The fourth-order valence-electron chi connectivity index (χ4n) is 1.99. The smallest absolute Gasteiger partial charge is 0.124 e. The first-order valence-corrected chi connectivity index (χ1v) is 4.26. The fraction of sp³-hybridized carbons (Fsp3) is 0.600. The maximum Gasteiger partial charge on any atom is 0.124 e. The predicted octanol–water partition coefficient (Wildman–Crippen LogP) is 2.65. The number of rotatable bonds is 1. The van der Waals surface area contributed by atoms with Gasteiger partial charge in [0.2, 0.25) is 0 Å². The molecule has 1 heteroatoms. The molecule has 1 saturated heterocycles. The average molecular weight is 150 g/mol. The van der Waals surface area contributed by atoms with Crippen molar-refractivity contribution in [2.75, 3.05) is 0 Å². The highest BCUT2D eigenvalue weighted by Crippen LogP contribution is 2.44. The van der Waals surface area contributed by atoms with Gasteiger partial charge in [0.15, 0.2) is 0 Å². The normalized spacial score (nSPS) is 41.2. The Morgan fingerprint density at radius 1 is 1.82 bits per heavy atom. The zero-order valence-corrected chi connectivity index (χ0v) is 6.97. The van der Waals surface area contributed by atoms with Gasteiger partial charge in [-0.2, -0.15) is 0 Å². The van der Waals surface area contributed by atoms with Gasteiger partial charge in [-0.25, -0.2) is 0 Å². The molecule has 1 aliphatic heterocycles. The number of fused-ring (bicyclic) bond motifs is 1. The summed E-state index contributed by atoms with van der Waals surface area (Å²) >= 11 is 0. The van der Waals surface area contributed by atoms with E-state index in [0.29, 0.717) is 5.92 Å². The van der Waals surface area contributed by atoms with Crippen LogP contribution in [0, 0.1) is 5.92 Å². The van der Waals surface area contributed by atoms with E-state index in [1.807, 2.05) is 6.08 Å². The van der Waals surface area contributed by atoms with E-state index in [4.69, 9.17) is 4.74 Å². The summed E-state index contributed by atoms with van der Waals surface area (Å²) in [6.07, 6.45) is 7.75. The van der Waals surface area contributed by atoms with Crippen molar-refractivity contribution >= 4 is 0 Å². The van der Waals surface area contributed by atoms with Crippen molar-refractivity contribution in [2.45, 2.75) is 31.8 Å². The molecule has 2 rings (SSSR count). The van der Waals surface area contributed by atoms with Crippen LogP contribution in [0.15, 0.2) is 24.5 Å². The van der Waals surface area contributed by atoms with E-state index in [-0.39, 0.29) is 5.60 Å². The molecule has 1 aliphatic carbocycles. The molecule has 0 N–H and O–H groups in total. The van der Waals surface area contributed by atoms with Gasteiger partial charge >= 0.3 is 0 Å². The molecule has 0 bridgehead atoms. The highest BCUT2D eigenvalue weighted by Gasteiger charge is 2.39. The monoisotopic (exact) mass is 150 g/mol. The lowest BCUT2D eigenvalue weighted by Gasteiger charge is -2.18. The van der Waals surface area contributed by atoms with Crippen LogP contribution < -0.4 is 0 Å². The Balaban J connectivity index is 2.20. The number of ether oxygens (including phenoxy) is 1. The van der Waals surface area contributed by atoms with E-state index in [0.717, 1.165) is 6.42 Å². The Labute approximate surface area is 67.7 Å². The van der Waals surface area contributed by atoms with Gasteiger partial charge in [-0.15, -0.1) is 0 Å². The van der Waals surface area contributed by atoms with Crippen LogP contribution in [0.2, 0.25) is 0 Å². The highest BCUT2D eigenvalue weighted by molar-refractivity contribution is 5.17. The first-order valence-electron chi connectivity index (χ1n) is 4.26. The van der Waals surface area contributed by atoms with Crippen LogP contribution in [0.1, 0.15) is 26.2 Å². The van der Waals surface area contributed by atoms with Crippen molar-refractivity contribution in [3.8, 4) is 0 Å². The van der Waals surface area contributed by atoms with Crippen LogP contribution in [0.4, 0.5) is 0 Å². The quantitative estimate of drug-likeness (QED) is 0.522. The van der Waals surface area contributed by atoms with E-state index < -0.39 is 0 Å². The molecule has 0 aromatic carbocycles. The first-order chi connectivity index (χ1) is 5.23. The van der Waals surface area contributed by atoms with Crippen molar-refractivity contribution in [1.29, 1.82) is 0 Å². The molecule has 2 unspecified atom stereocenters. The number of allylic oxidation sites excluding steroid dienone is 2. The molecule has 1 nitrogen and oxygen atoms in total. The van der Waals surface area contributed by atoms with Crippen LogP contribution in [-0.2, 0) is 4.74 Å². The van der Waals surface area contributed by atoms with Crippen LogP contribution in [0.5, 0.6) is 0 Å². The minimum atomic E-state index is -0.0725. The second-order valence-electron chi connectivity index (χ2n) is 3.70. The molecule has 2 aliphatic rings. The summed E-state index contributed by atoms with van der Waals surface area (Å²) in [5.74, 6) is 1.91. The van der Waals surface area contributed by atoms with Crippen molar-refractivity contribution in [3.63, 3.8) is 0 Å². The zero-order chi connectivity index (χ0) is 7.90. The average Bonchev–Trinajstić information content (AvgIpc) is 2.46. The molecular weight excluding hydrogens is 136 g/mol. The van der Waals surface area contributed by atoms with Crippen LogP contribution in [0.3, 0.4) is 0 Å². The predicted molar refractivity (Wildman–Crippen MR) is 45.1 cm³/mol. The van der Waals surface area contributed by atoms with Crippen molar-refractivity contribution in [3.05, 3.63) is 24.5 Å². The zero-order valence-electron chi connectivity index (χ0n) is 6.97. The van der Waals surface area contributed by atoms with Gasteiger partial charge in [-0.1, -0.05) is 6.58 Å². The molecule has 0 aromatic rings. The van der Waals surface area contributed by atoms with Crippen molar-refractivity contribution in [2.24, 2.45) is 5.92 Å². The lowest BCUT2D eigenvalue weighted by molar-refractivity contribution is 0.105. The molecule has 0 radical (unpaired) electrons. The second-order valence-corrected chi connectivity index (χ2v) is 3.70. The highest BCUT2D eigenvalue weighted by atomic mass is 16.5. The Kier molecular flexibility index (Phi) is 1.35. The minimum Gasteiger partial charge on any atom is -0.488 e. The van der Waals surface area contributed by atoms with E-state index in [9.17, 15) is 0 Å². The SMILES string of the molecule is C=CC1(C)CC2CCC=C2O1. The second kappa shape index (κ2) is 2.13. The van der Waals surface area contributed by atoms with Gasteiger partial charge in [0, 0.05) is 12.3 Å².